The van der Waals surface area contributed by atoms with Crippen LogP contribution in [0.2, 0.25) is 0 Å². The smallest absolute Gasteiger partial charge is 0.197 e. The van der Waals surface area contributed by atoms with Gasteiger partial charge in [-0.05, 0) is 140 Å². The van der Waals surface area contributed by atoms with Crippen molar-refractivity contribution in [1.82, 2.24) is 0 Å². The van der Waals surface area contributed by atoms with Crippen LogP contribution in [0.4, 0.5) is 0 Å². The molecule has 7 rings (SSSR count). The highest BCUT2D eigenvalue weighted by molar-refractivity contribution is 5.98. The second-order valence-corrected chi connectivity index (χ2v) is 18.4. The molecule has 6 aliphatic carbocycles. The number of hydrogen-bond acceptors (Lipinski definition) is 3. The predicted octanol–water partition coefficient (Wildman–Crippen LogP) is 9.96. The maximum Gasteiger partial charge on any atom is 0.197 e. The molecule has 5 fully saturated rings. The van der Waals surface area contributed by atoms with Crippen LogP contribution in [0.15, 0.2) is 36.6 Å². The Balaban J connectivity index is 1.23. The molecule has 0 aromatic rings. The van der Waals surface area contributed by atoms with E-state index in [2.05, 4.69) is 66.9 Å². The van der Waals surface area contributed by atoms with Gasteiger partial charge in [0.15, 0.2) is 22.9 Å². The topological polar surface area (TPSA) is 43.4 Å². The van der Waals surface area contributed by atoms with Crippen LogP contribution < -0.4 is 0 Å². The summed E-state index contributed by atoms with van der Waals surface area (Å²) in [6.45, 7) is 23.1. The van der Waals surface area contributed by atoms with Crippen molar-refractivity contribution in [3.63, 3.8) is 0 Å². The summed E-state index contributed by atoms with van der Waals surface area (Å²) in [5, 5.41) is 0. The second kappa shape index (κ2) is 9.22. The third-order valence-corrected chi connectivity index (χ3v) is 16.5. The average molecular weight is 587 g/mol. The van der Waals surface area contributed by atoms with Gasteiger partial charge in [-0.25, -0.2) is 0 Å². The van der Waals surface area contributed by atoms with Crippen molar-refractivity contribution in [3.05, 3.63) is 36.6 Å². The van der Waals surface area contributed by atoms with Gasteiger partial charge in [-0.2, -0.15) is 0 Å². The Labute approximate surface area is 261 Å². The Kier molecular flexibility index (Phi) is 6.44. The third kappa shape index (κ3) is 3.78. The number of rotatable bonds is 2. The molecule has 0 aromatic carbocycles. The standard InChI is InChI=1S/C40H58O3/c1-9-34(3)19-21-36(5)27(25-34)14-17-39(8)30(36)11-12-32(42)40(39)18-15-28-33(43-40)29(41)23-31-37(6)22-20-35(4,10-2)24-26(37)13-16-38(28,31)7/h9-10,26-27,30-31H,1-2,11-25H2,3-8H3. The van der Waals surface area contributed by atoms with Gasteiger partial charge in [0.1, 0.15) is 0 Å². The molecule has 0 saturated heterocycles. The van der Waals surface area contributed by atoms with Gasteiger partial charge in [-0.3, -0.25) is 9.59 Å². The summed E-state index contributed by atoms with van der Waals surface area (Å²) in [4.78, 5) is 28.5. The molecule has 1 heterocycles. The fourth-order valence-corrected chi connectivity index (χ4v) is 13.3. The summed E-state index contributed by atoms with van der Waals surface area (Å²) in [5.74, 6) is 3.21. The van der Waals surface area contributed by atoms with E-state index in [1.54, 1.807) is 0 Å². The molecule has 3 heteroatoms. The highest BCUT2D eigenvalue weighted by atomic mass is 16.5. The van der Waals surface area contributed by atoms with Crippen LogP contribution in [-0.2, 0) is 14.3 Å². The Morgan fingerprint density at radius 1 is 0.698 bits per heavy atom. The van der Waals surface area contributed by atoms with E-state index < -0.39 is 5.60 Å². The molecular formula is C40H58O3. The maximum absolute atomic E-state index is 14.3. The number of hydrogen-bond donors (Lipinski definition) is 0. The third-order valence-electron chi connectivity index (χ3n) is 16.5. The van der Waals surface area contributed by atoms with E-state index in [4.69, 9.17) is 4.74 Å². The van der Waals surface area contributed by atoms with Crippen molar-refractivity contribution in [3.8, 4) is 0 Å². The van der Waals surface area contributed by atoms with Gasteiger partial charge < -0.3 is 4.74 Å². The molecular weight excluding hydrogens is 528 g/mol. The summed E-state index contributed by atoms with van der Waals surface area (Å²) in [6, 6.07) is 0. The van der Waals surface area contributed by atoms with Crippen molar-refractivity contribution in [2.45, 2.75) is 143 Å². The highest BCUT2D eigenvalue weighted by Gasteiger charge is 2.70. The van der Waals surface area contributed by atoms with Gasteiger partial charge in [0.2, 0.25) is 0 Å². The monoisotopic (exact) mass is 586 g/mol. The number of Topliss-reactive ketones (excluding diaryl/α,β-unsaturated/α-hetero) is 2. The van der Waals surface area contributed by atoms with E-state index in [1.807, 2.05) is 0 Å². The summed E-state index contributed by atoms with van der Waals surface area (Å²) in [5.41, 5.74) is 0.999. The van der Waals surface area contributed by atoms with Crippen LogP contribution in [0.25, 0.3) is 0 Å². The number of ketones is 2. The molecule has 5 saturated carbocycles. The Morgan fingerprint density at radius 3 is 1.88 bits per heavy atom. The first-order chi connectivity index (χ1) is 20.1. The van der Waals surface area contributed by atoms with E-state index >= 15 is 0 Å². The zero-order valence-corrected chi connectivity index (χ0v) is 28.2. The highest BCUT2D eigenvalue weighted by Crippen LogP contribution is 2.72. The zero-order chi connectivity index (χ0) is 30.8. The van der Waals surface area contributed by atoms with Crippen LogP contribution in [0.5, 0.6) is 0 Å². The number of carbonyl (C=O) groups excluding carboxylic acids is 2. The summed E-state index contributed by atoms with van der Waals surface area (Å²) in [7, 11) is 0. The first kappa shape index (κ1) is 30.0. The van der Waals surface area contributed by atoms with Crippen LogP contribution in [0, 0.1) is 56.2 Å². The van der Waals surface area contributed by atoms with Crippen molar-refractivity contribution in [1.29, 1.82) is 0 Å². The van der Waals surface area contributed by atoms with Gasteiger partial charge in [0.05, 0.1) is 0 Å². The molecule has 0 aromatic heterocycles. The maximum atomic E-state index is 14.3. The molecule has 11 atom stereocenters. The summed E-state index contributed by atoms with van der Waals surface area (Å²) in [6.07, 6.45) is 19.8. The van der Waals surface area contributed by atoms with Crippen molar-refractivity contribution in [2.75, 3.05) is 0 Å². The molecule has 0 bridgehead atoms. The average Bonchev–Trinajstić information content (AvgIpc) is 2.98. The first-order valence-electron chi connectivity index (χ1n) is 17.9. The Bertz CT molecular complexity index is 1310. The van der Waals surface area contributed by atoms with Gasteiger partial charge in [0, 0.05) is 18.3 Å². The van der Waals surface area contributed by atoms with Gasteiger partial charge in [-0.15, -0.1) is 13.2 Å². The van der Waals surface area contributed by atoms with Gasteiger partial charge >= 0.3 is 0 Å². The molecule has 1 spiro atoms. The minimum absolute atomic E-state index is 0.0157. The lowest BCUT2D eigenvalue weighted by molar-refractivity contribution is -0.222. The van der Waals surface area contributed by atoms with E-state index in [0.29, 0.717) is 42.3 Å². The van der Waals surface area contributed by atoms with Gasteiger partial charge in [-0.1, -0.05) is 53.7 Å². The van der Waals surface area contributed by atoms with Crippen LogP contribution >= 0.6 is 0 Å². The van der Waals surface area contributed by atoms with E-state index in [-0.39, 0.29) is 44.1 Å². The van der Waals surface area contributed by atoms with E-state index in [1.165, 1.54) is 44.1 Å². The number of carbonyl (C=O) groups is 2. The Hall–Kier alpha value is -1.64. The fraction of sp³-hybridized carbons (Fsp3) is 0.800. The largest absolute Gasteiger partial charge is 0.475 e. The number of allylic oxidation sites excluding steroid dienone is 4. The second-order valence-electron chi connectivity index (χ2n) is 18.4. The molecule has 11 unspecified atom stereocenters. The molecule has 7 aliphatic rings. The van der Waals surface area contributed by atoms with Gasteiger partial charge in [0.25, 0.3) is 0 Å². The van der Waals surface area contributed by atoms with Crippen molar-refractivity contribution in [2.24, 2.45) is 56.2 Å². The van der Waals surface area contributed by atoms with E-state index in [9.17, 15) is 9.59 Å². The number of fused-ring (bicyclic) bond motifs is 8. The fourth-order valence-electron chi connectivity index (χ4n) is 13.3. The van der Waals surface area contributed by atoms with Crippen molar-refractivity contribution < 1.29 is 14.3 Å². The predicted molar refractivity (Wildman–Crippen MR) is 173 cm³/mol. The molecule has 0 amide bonds. The lowest BCUT2D eigenvalue weighted by atomic mass is 9.39. The van der Waals surface area contributed by atoms with Crippen molar-refractivity contribution >= 4 is 11.6 Å². The zero-order valence-electron chi connectivity index (χ0n) is 28.2. The quantitative estimate of drug-likeness (QED) is 0.302. The normalized spacial score (nSPS) is 54.4. The summed E-state index contributed by atoms with van der Waals surface area (Å²) >= 11 is 0. The first-order valence-corrected chi connectivity index (χ1v) is 17.9. The number of ether oxygens (including phenoxy) is 1. The molecule has 1 aliphatic heterocycles. The minimum atomic E-state index is -0.849. The lowest BCUT2D eigenvalue weighted by Crippen LogP contribution is -2.68. The molecule has 3 nitrogen and oxygen atoms in total. The van der Waals surface area contributed by atoms with Crippen LogP contribution in [0.1, 0.15) is 138 Å². The summed E-state index contributed by atoms with van der Waals surface area (Å²) < 4.78 is 7.19. The molecule has 0 N–H and O–H groups in total. The Morgan fingerprint density at radius 2 is 1.28 bits per heavy atom. The molecule has 236 valence electrons. The minimum Gasteiger partial charge on any atom is -0.475 e. The van der Waals surface area contributed by atoms with Crippen LogP contribution in [0.3, 0.4) is 0 Å². The molecule has 43 heavy (non-hydrogen) atoms. The molecule has 0 radical (unpaired) electrons. The SMILES string of the molecule is C=CC1(C)CCC2(C)C(CCC3(C)C4=C(OC5(CC4)C(=O)CCC4C6(C)CCC(C)(C=C)CC6CCC45C)C(=O)CC32)C1. The van der Waals surface area contributed by atoms with Crippen LogP contribution in [-0.4, -0.2) is 17.2 Å². The lowest BCUT2D eigenvalue weighted by Gasteiger charge is -2.67. The van der Waals surface area contributed by atoms with E-state index in [0.717, 1.165) is 44.9 Å².